The molecule has 0 unspecified atom stereocenters. The normalized spacial score (nSPS) is 14.8. The fraction of sp³-hybridized carbons (Fsp3) is 0.0690. The van der Waals surface area contributed by atoms with Crippen molar-refractivity contribution in [3.05, 3.63) is 111 Å². The van der Waals surface area contributed by atoms with Gasteiger partial charge in [0.05, 0.1) is 10.7 Å². The molecule has 0 radical (unpaired) electrons. The average molecular weight is 531 g/mol. The Labute approximate surface area is 223 Å². The van der Waals surface area contributed by atoms with E-state index in [2.05, 4.69) is 5.32 Å². The van der Waals surface area contributed by atoms with Crippen molar-refractivity contribution >= 4 is 63.6 Å². The maximum Gasteiger partial charge on any atom is 0.335 e. The van der Waals surface area contributed by atoms with Gasteiger partial charge in [0, 0.05) is 5.02 Å². The van der Waals surface area contributed by atoms with Gasteiger partial charge in [-0.1, -0.05) is 77.8 Å². The first-order valence-electron chi connectivity index (χ1n) is 11.4. The number of rotatable bonds is 5. The number of halogens is 2. The van der Waals surface area contributed by atoms with Crippen molar-refractivity contribution in [2.75, 3.05) is 4.90 Å². The van der Waals surface area contributed by atoms with E-state index >= 15 is 0 Å². The molecule has 4 aromatic rings. The molecule has 4 amide bonds. The molecular weight excluding hydrogens is 511 g/mol. The number of urea groups is 1. The second kappa shape index (κ2) is 10.1. The number of fused-ring (bicyclic) bond motifs is 1. The standard InChI is InChI=1S/C29H20Cl2N2O4/c1-17-23(30)10-5-11-25(17)33-28(35)22(27(34)32-29(33)36)14-18-12-13-26(24(31)15-18)37-16-20-8-4-7-19-6-2-3-9-21(19)20/h2-15H,16H2,1H3,(H,32,34,36)/b22-14+. The number of hydrogen-bond acceptors (Lipinski definition) is 4. The number of amides is 4. The lowest BCUT2D eigenvalue weighted by atomic mass is 10.1. The Morgan fingerprint density at radius 3 is 2.46 bits per heavy atom. The minimum absolute atomic E-state index is 0.209. The SMILES string of the molecule is Cc1c(Cl)cccc1N1C(=O)NC(=O)/C(=C\c2ccc(OCc3cccc4ccccc34)c(Cl)c2)C1=O. The summed E-state index contributed by atoms with van der Waals surface area (Å²) < 4.78 is 5.97. The number of nitrogens with one attached hydrogen (secondary N) is 1. The van der Waals surface area contributed by atoms with E-state index in [9.17, 15) is 14.4 Å². The molecule has 4 aromatic carbocycles. The van der Waals surface area contributed by atoms with Crippen LogP contribution in [0.25, 0.3) is 16.8 Å². The van der Waals surface area contributed by atoms with Crippen molar-refractivity contribution in [2.24, 2.45) is 0 Å². The van der Waals surface area contributed by atoms with Gasteiger partial charge in [-0.3, -0.25) is 14.9 Å². The molecule has 6 nitrogen and oxygen atoms in total. The van der Waals surface area contributed by atoms with Crippen molar-refractivity contribution in [3.8, 4) is 5.75 Å². The highest BCUT2D eigenvalue weighted by atomic mass is 35.5. The third-order valence-corrected chi connectivity index (χ3v) is 6.82. The summed E-state index contributed by atoms with van der Waals surface area (Å²) in [5.41, 5.74) is 2.14. The number of imide groups is 2. The molecule has 37 heavy (non-hydrogen) atoms. The zero-order valence-corrected chi connectivity index (χ0v) is 21.1. The molecule has 0 aromatic heterocycles. The van der Waals surface area contributed by atoms with Gasteiger partial charge in [-0.2, -0.15) is 0 Å². The summed E-state index contributed by atoms with van der Waals surface area (Å²) in [6, 6.07) is 23.0. The van der Waals surface area contributed by atoms with Gasteiger partial charge in [-0.25, -0.2) is 9.69 Å². The highest BCUT2D eigenvalue weighted by molar-refractivity contribution is 6.40. The van der Waals surface area contributed by atoms with Gasteiger partial charge in [-0.05, 0) is 64.7 Å². The molecule has 5 rings (SSSR count). The molecule has 184 valence electrons. The van der Waals surface area contributed by atoms with Crippen LogP contribution < -0.4 is 15.0 Å². The van der Waals surface area contributed by atoms with E-state index in [4.69, 9.17) is 27.9 Å². The van der Waals surface area contributed by atoms with Crippen LogP contribution in [0, 0.1) is 6.92 Å². The average Bonchev–Trinajstić information content (AvgIpc) is 2.88. The minimum Gasteiger partial charge on any atom is -0.487 e. The topological polar surface area (TPSA) is 75.7 Å². The second-order valence-electron chi connectivity index (χ2n) is 8.46. The Balaban J connectivity index is 1.39. The summed E-state index contributed by atoms with van der Waals surface area (Å²) in [6.45, 7) is 2.01. The molecule has 1 fully saturated rings. The lowest BCUT2D eigenvalue weighted by molar-refractivity contribution is -0.122. The molecular formula is C29H20Cl2N2O4. The van der Waals surface area contributed by atoms with E-state index in [0.717, 1.165) is 21.2 Å². The second-order valence-corrected chi connectivity index (χ2v) is 9.27. The molecule has 0 bridgehead atoms. The molecule has 1 saturated heterocycles. The van der Waals surface area contributed by atoms with E-state index in [1.807, 2.05) is 42.5 Å². The van der Waals surface area contributed by atoms with Crippen molar-refractivity contribution in [3.63, 3.8) is 0 Å². The summed E-state index contributed by atoms with van der Waals surface area (Å²) in [4.78, 5) is 39.2. The van der Waals surface area contributed by atoms with Crippen LogP contribution in [0.1, 0.15) is 16.7 Å². The summed E-state index contributed by atoms with van der Waals surface area (Å²) in [5.74, 6) is -1.09. The fourth-order valence-corrected chi connectivity index (χ4v) is 4.59. The van der Waals surface area contributed by atoms with E-state index in [0.29, 0.717) is 39.2 Å². The highest BCUT2D eigenvalue weighted by Gasteiger charge is 2.37. The van der Waals surface area contributed by atoms with Gasteiger partial charge >= 0.3 is 6.03 Å². The summed E-state index contributed by atoms with van der Waals surface area (Å²) in [5, 5.41) is 5.14. The summed E-state index contributed by atoms with van der Waals surface area (Å²) in [7, 11) is 0. The van der Waals surface area contributed by atoms with E-state index in [-0.39, 0.29) is 5.57 Å². The lowest BCUT2D eigenvalue weighted by Gasteiger charge is -2.27. The van der Waals surface area contributed by atoms with Crippen LogP contribution in [0.3, 0.4) is 0 Å². The van der Waals surface area contributed by atoms with Gasteiger partial charge in [0.1, 0.15) is 17.9 Å². The number of carbonyl (C=O) groups is 3. The largest absolute Gasteiger partial charge is 0.487 e. The van der Waals surface area contributed by atoms with E-state index in [1.54, 1.807) is 43.3 Å². The highest BCUT2D eigenvalue weighted by Crippen LogP contribution is 2.31. The molecule has 1 aliphatic heterocycles. The van der Waals surface area contributed by atoms with Crippen LogP contribution >= 0.6 is 23.2 Å². The Morgan fingerprint density at radius 1 is 0.892 bits per heavy atom. The maximum absolute atomic E-state index is 13.2. The van der Waals surface area contributed by atoms with Gasteiger partial charge in [-0.15, -0.1) is 0 Å². The van der Waals surface area contributed by atoms with Crippen LogP contribution in [0.5, 0.6) is 5.75 Å². The van der Waals surface area contributed by atoms with Crippen molar-refractivity contribution in [1.82, 2.24) is 5.32 Å². The first-order valence-corrected chi connectivity index (χ1v) is 12.1. The number of carbonyl (C=O) groups excluding carboxylic acids is 3. The third-order valence-electron chi connectivity index (χ3n) is 6.11. The van der Waals surface area contributed by atoms with Crippen molar-refractivity contribution in [1.29, 1.82) is 0 Å². The number of hydrogen-bond donors (Lipinski definition) is 1. The van der Waals surface area contributed by atoms with Crippen LogP contribution in [-0.4, -0.2) is 17.8 Å². The fourth-order valence-electron chi connectivity index (χ4n) is 4.18. The van der Waals surface area contributed by atoms with E-state index < -0.39 is 17.8 Å². The number of nitrogens with zero attached hydrogens (tertiary/aromatic N) is 1. The Kier molecular flexibility index (Phi) is 6.70. The monoisotopic (exact) mass is 530 g/mol. The van der Waals surface area contributed by atoms with Crippen LogP contribution in [0.4, 0.5) is 10.5 Å². The molecule has 0 spiro atoms. The molecule has 1 aliphatic rings. The summed E-state index contributed by atoms with van der Waals surface area (Å²) >= 11 is 12.6. The molecule has 1 heterocycles. The van der Waals surface area contributed by atoms with E-state index in [1.165, 1.54) is 6.08 Å². The lowest BCUT2D eigenvalue weighted by Crippen LogP contribution is -2.54. The molecule has 8 heteroatoms. The maximum atomic E-state index is 13.2. The third kappa shape index (κ3) is 4.81. The predicted octanol–water partition coefficient (Wildman–Crippen LogP) is 6.70. The van der Waals surface area contributed by atoms with Gasteiger partial charge in [0.15, 0.2) is 0 Å². The van der Waals surface area contributed by atoms with Gasteiger partial charge in [0.2, 0.25) is 0 Å². The number of barbiturate groups is 1. The quantitative estimate of drug-likeness (QED) is 0.230. The Bertz CT molecular complexity index is 1610. The first kappa shape index (κ1) is 24.6. The smallest absolute Gasteiger partial charge is 0.335 e. The number of ether oxygens (including phenoxy) is 1. The minimum atomic E-state index is -0.840. The first-order chi connectivity index (χ1) is 17.8. The van der Waals surface area contributed by atoms with Crippen LogP contribution in [0.15, 0.2) is 84.4 Å². The zero-order chi connectivity index (χ0) is 26.1. The Morgan fingerprint density at radius 2 is 1.65 bits per heavy atom. The van der Waals surface area contributed by atoms with Crippen molar-refractivity contribution in [2.45, 2.75) is 13.5 Å². The van der Waals surface area contributed by atoms with Crippen LogP contribution in [0.2, 0.25) is 10.0 Å². The zero-order valence-electron chi connectivity index (χ0n) is 19.6. The van der Waals surface area contributed by atoms with Crippen molar-refractivity contribution < 1.29 is 19.1 Å². The predicted molar refractivity (Wildman–Crippen MR) is 145 cm³/mol. The molecule has 1 N–H and O–H groups in total. The number of anilines is 1. The molecule has 0 atom stereocenters. The number of benzene rings is 4. The van der Waals surface area contributed by atoms with Crippen LogP contribution in [-0.2, 0) is 16.2 Å². The molecule has 0 saturated carbocycles. The molecule has 0 aliphatic carbocycles. The van der Waals surface area contributed by atoms with Gasteiger partial charge < -0.3 is 4.74 Å². The van der Waals surface area contributed by atoms with Gasteiger partial charge in [0.25, 0.3) is 11.8 Å². The summed E-state index contributed by atoms with van der Waals surface area (Å²) in [6.07, 6.45) is 1.39. The Hall–Kier alpha value is -4.13.